The Morgan fingerprint density at radius 2 is 2.07 bits per heavy atom. The highest BCUT2D eigenvalue weighted by molar-refractivity contribution is 9.10. The molecule has 5 rings (SSSR count). The minimum Gasteiger partial charge on any atom is -0.301 e. The minimum absolute atomic E-state index is 0.116. The zero-order valence-corrected chi connectivity index (χ0v) is 17.5. The van der Waals surface area contributed by atoms with Crippen molar-refractivity contribution in [2.45, 2.75) is 5.16 Å². The number of fused-ring (bicyclic) bond motifs is 5. The Labute approximate surface area is 176 Å². The number of benzene rings is 2. The number of para-hydroxylation sites is 2. The smallest absolute Gasteiger partial charge is 0.236 e. The Morgan fingerprint density at radius 3 is 2.93 bits per heavy atom. The lowest BCUT2D eigenvalue weighted by Gasteiger charge is -2.08. The van der Waals surface area contributed by atoms with Crippen LogP contribution in [0, 0.1) is 0 Å². The van der Waals surface area contributed by atoms with Crippen molar-refractivity contribution in [3.05, 3.63) is 58.5 Å². The van der Waals surface area contributed by atoms with Crippen LogP contribution in [0.4, 0.5) is 5.13 Å². The van der Waals surface area contributed by atoms with Gasteiger partial charge in [-0.2, -0.15) is 0 Å². The fourth-order valence-corrected chi connectivity index (χ4v) is 4.72. The lowest BCUT2D eigenvalue weighted by molar-refractivity contribution is -0.113. The maximum Gasteiger partial charge on any atom is 0.236 e. The van der Waals surface area contributed by atoms with Crippen LogP contribution in [0.3, 0.4) is 0 Å². The molecule has 0 aliphatic heterocycles. The average molecular weight is 470 g/mol. The van der Waals surface area contributed by atoms with Gasteiger partial charge in [0.1, 0.15) is 5.65 Å². The summed E-state index contributed by atoms with van der Waals surface area (Å²) in [6.07, 6.45) is 1.66. The molecular formula is C19H12BrN5OS2. The number of carbonyl (C=O) groups is 1. The van der Waals surface area contributed by atoms with Crippen LogP contribution in [-0.2, 0) is 4.79 Å². The second-order valence-corrected chi connectivity index (χ2v) is 8.74. The summed E-state index contributed by atoms with van der Waals surface area (Å²) in [5.41, 5.74) is 3.53. The van der Waals surface area contributed by atoms with Crippen LogP contribution in [-0.4, -0.2) is 31.0 Å². The molecule has 3 aromatic heterocycles. The van der Waals surface area contributed by atoms with Gasteiger partial charge in [0.15, 0.2) is 10.3 Å². The van der Waals surface area contributed by atoms with Crippen LogP contribution in [0.2, 0.25) is 0 Å². The van der Waals surface area contributed by atoms with Crippen molar-refractivity contribution in [1.82, 2.24) is 19.4 Å². The van der Waals surface area contributed by atoms with Gasteiger partial charge in [0, 0.05) is 21.4 Å². The molecule has 2 aromatic carbocycles. The van der Waals surface area contributed by atoms with E-state index in [9.17, 15) is 4.79 Å². The molecule has 0 bridgehead atoms. The highest BCUT2D eigenvalue weighted by Crippen LogP contribution is 2.30. The van der Waals surface area contributed by atoms with Gasteiger partial charge in [-0.05, 0) is 30.3 Å². The summed E-state index contributed by atoms with van der Waals surface area (Å²) in [6.45, 7) is 0. The minimum atomic E-state index is -0.116. The van der Waals surface area contributed by atoms with Crippen molar-refractivity contribution >= 4 is 77.7 Å². The molecule has 1 amide bonds. The van der Waals surface area contributed by atoms with Crippen LogP contribution < -0.4 is 5.32 Å². The van der Waals surface area contributed by atoms with Gasteiger partial charge in [0.05, 0.1) is 22.3 Å². The van der Waals surface area contributed by atoms with Gasteiger partial charge in [0.2, 0.25) is 5.91 Å². The molecule has 138 valence electrons. The number of hydrogen-bond donors (Lipinski definition) is 1. The molecule has 3 heterocycles. The summed E-state index contributed by atoms with van der Waals surface area (Å²) in [5.74, 6) is 0.117. The van der Waals surface area contributed by atoms with E-state index >= 15 is 0 Å². The molecule has 0 fully saturated rings. The highest BCUT2D eigenvalue weighted by atomic mass is 79.9. The van der Waals surface area contributed by atoms with Gasteiger partial charge in [-0.1, -0.05) is 39.8 Å². The van der Waals surface area contributed by atoms with Crippen molar-refractivity contribution in [2.75, 3.05) is 11.1 Å². The van der Waals surface area contributed by atoms with Crippen LogP contribution in [0.15, 0.2) is 63.7 Å². The molecule has 28 heavy (non-hydrogen) atoms. The lowest BCUT2D eigenvalue weighted by Crippen LogP contribution is -2.14. The number of imidazole rings is 1. The third kappa shape index (κ3) is 3.15. The molecule has 0 spiro atoms. The quantitative estimate of drug-likeness (QED) is 0.296. The number of rotatable bonds is 4. The number of aromatic nitrogens is 4. The number of thiazole rings is 1. The number of anilines is 1. The van der Waals surface area contributed by atoms with Crippen LogP contribution in [0.25, 0.3) is 27.6 Å². The topological polar surface area (TPSA) is 72.2 Å². The van der Waals surface area contributed by atoms with Crippen molar-refractivity contribution in [2.24, 2.45) is 0 Å². The number of halogens is 1. The summed E-state index contributed by atoms with van der Waals surface area (Å²) >= 11 is 6.31. The molecule has 6 nitrogen and oxygen atoms in total. The first-order valence-electron chi connectivity index (χ1n) is 8.38. The summed E-state index contributed by atoms with van der Waals surface area (Å²) in [4.78, 5) is 26.0. The molecule has 0 aliphatic rings. The summed E-state index contributed by atoms with van der Waals surface area (Å²) in [7, 11) is 0. The van der Waals surface area contributed by atoms with Crippen LogP contribution in [0.5, 0.6) is 0 Å². The first-order chi connectivity index (χ1) is 13.7. The van der Waals surface area contributed by atoms with E-state index in [4.69, 9.17) is 9.97 Å². The molecule has 0 unspecified atom stereocenters. The molecule has 0 radical (unpaired) electrons. The van der Waals surface area contributed by atoms with E-state index in [2.05, 4.69) is 26.2 Å². The maximum absolute atomic E-state index is 12.3. The van der Waals surface area contributed by atoms with Gasteiger partial charge >= 0.3 is 0 Å². The van der Waals surface area contributed by atoms with Gasteiger partial charge in [-0.25, -0.2) is 15.0 Å². The fraction of sp³-hybridized carbons (Fsp3) is 0.0526. The standard InChI is InChI=1S/C19H12BrN5OS2/c20-11-5-6-13-12(9-11)17-22-14-3-1-2-4-15(14)25(17)19(23-13)28-10-16(26)24-18-21-7-8-27-18/h1-9H,10H2,(H,21,24,26). The molecule has 9 heteroatoms. The van der Waals surface area contributed by atoms with E-state index in [-0.39, 0.29) is 11.7 Å². The monoisotopic (exact) mass is 469 g/mol. The van der Waals surface area contributed by atoms with E-state index in [1.54, 1.807) is 6.20 Å². The highest BCUT2D eigenvalue weighted by Gasteiger charge is 2.16. The number of carbonyl (C=O) groups excluding carboxylic acids is 1. The van der Waals surface area contributed by atoms with Crippen molar-refractivity contribution in [3.8, 4) is 0 Å². The Balaban J connectivity index is 1.60. The Kier molecular flexibility index (Phi) is 4.50. The Hall–Kier alpha value is -2.49. The molecule has 0 saturated heterocycles. The third-order valence-electron chi connectivity index (χ3n) is 4.18. The fourth-order valence-electron chi connectivity index (χ4n) is 3.01. The predicted octanol–water partition coefficient (Wildman–Crippen LogP) is 4.99. The lowest BCUT2D eigenvalue weighted by atomic mass is 10.2. The van der Waals surface area contributed by atoms with Crippen molar-refractivity contribution < 1.29 is 4.79 Å². The van der Waals surface area contributed by atoms with E-state index in [1.807, 2.05) is 52.2 Å². The number of amides is 1. The number of thioether (sulfide) groups is 1. The third-order valence-corrected chi connectivity index (χ3v) is 6.30. The van der Waals surface area contributed by atoms with Crippen LogP contribution in [0.1, 0.15) is 0 Å². The SMILES string of the molecule is O=C(CSc1nc2ccc(Br)cc2c2nc3ccccc3n12)Nc1nccs1. The maximum atomic E-state index is 12.3. The molecule has 0 saturated carbocycles. The van der Waals surface area contributed by atoms with Gasteiger partial charge < -0.3 is 5.32 Å². The first-order valence-corrected chi connectivity index (χ1v) is 11.0. The molecule has 5 aromatic rings. The summed E-state index contributed by atoms with van der Waals surface area (Å²) in [6, 6.07) is 13.9. The second-order valence-electron chi connectivity index (χ2n) is 5.99. The van der Waals surface area contributed by atoms with E-state index in [0.717, 1.165) is 37.2 Å². The summed E-state index contributed by atoms with van der Waals surface area (Å²) in [5, 5.41) is 6.92. The van der Waals surface area contributed by atoms with Crippen molar-refractivity contribution in [3.63, 3.8) is 0 Å². The molecular weight excluding hydrogens is 458 g/mol. The predicted molar refractivity (Wildman–Crippen MR) is 117 cm³/mol. The largest absolute Gasteiger partial charge is 0.301 e. The van der Waals surface area contributed by atoms with Crippen LogP contribution >= 0.6 is 39.0 Å². The Morgan fingerprint density at radius 1 is 1.18 bits per heavy atom. The van der Waals surface area contributed by atoms with Gasteiger partial charge in [0.25, 0.3) is 0 Å². The number of nitrogens with one attached hydrogen (secondary N) is 1. The molecule has 0 atom stereocenters. The number of hydrogen-bond acceptors (Lipinski definition) is 6. The first kappa shape index (κ1) is 17.6. The second kappa shape index (κ2) is 7.16. The van der Waals surface area contributed by atoms with Gasteiger partial charge in [-0.15, -0.1) is 11.3 Å². The van der Waals surface area contributed by atoms with Gasteiger partial charge in [-0.3, -0.25) is 9.20 Å². The van der Waals surface area contributed by atoms with Crippen molar-refractivity contribution in [1.29, 1.82) is 0 Å². The molecule has 0 aliphatic carbocycles. The Bertz CT molecular complexity index is 1330. The van der Waals surface area contributed by atoms with E-state index in [0.29, 0.717) is 5.13 Å². The van der Waals surface area contributed by atoms with E-state index in [1.165, 1.54) is 23.1 Å². The normalized spacial score (nSPS) is 11.5. The zero-order chi connectivity index (χ0) is 19.1. The summed E-state index contributed by atoms with van der Waals surface area (Å²) < 4.78 is 2.99. The number of nitrogens with zero attached hydrogens (tertiary/aromatic N) is 4. The van der Waals surface area contributed by atoms with E-state index < -0.39 is 0 Å². The average Bonchev–Trinajstić information content (AvgIpc) is 3.34. The zero-order valence-electron chi connectivity index (χ0n) is 14.3. The molecule has 1 N–H and O–H groups in total.